The molecule has 16 heavy (non-hydrogen) atoms. The number of rotatable bonds is 1. The zero-order valence-corrected chi connectivity index (χ0v) is 10.7. The van der Waals surface area contributed by atoms with Crippen LogP contribution in [0.3, 0.4) is 0 Å². The maximum absolute atomic E-state index is 6.04. The van der Waals surface area contributed by atoms with Gasteiger partial charge >= 0.3 is 0 Å². The van der Waals surface area contributed by atoms with Gasteiger partial charge in [0.2, 0.25) is 0 Å². The smallest absolute Gasteiger partial charge is 0.137 e. The van der Waals surface area contributed by atoms with E-state index in [0.717, 1.165) is 17.9 Å². The summed E-state index contributed by atoms with van der Waals surface area (Å²) >= 11 is 6.04. The minimum absolute atomic E-state index is 0.548. The fraction of sp³-hybridized carbons (Fsp3) is 0.667. The van der Waals surface area contributed by atoms with Crippen molar-refractivity contribution in [2.75, 3.05) is 11.4 Å². The lowest BCUT2D eigenvalue weighted by Gasteiger charge is -2.29. The molecule has 3 nitrogen and oxygen atoms in total. The van der Waals surface area contributed by atoms with Crippen LogP contribution in [0.15, 0.2) is 6.33 Å². The van der Waals surface area contributed by atoms with Gasteiger partial charge in [-0.25, -0.2) is 9.97 Å². The molecule has 0 amide bonds. The minimum Gasteiger partial charge on any atom is -0.354 e. The zero-order valence-electron chi connectivity index (χ0n) is 9.91. The molecule has 1 atom stereocenters. The highest BCUT2D eigenvalue weighted by Gasteiger charge is 2.20. The molecule has 0 saturated carbocycles. The quantitative estimate of drug-likeness (QED) is 0.705. The Morgan fingerprint density at radius 3 is 2.94 bits per heavy atom. The van der Waals surface area contributed by atoms with Crippen LogP contribution in [-0.4, -0.2) is 22.6 Å². The highest BCUT2D eigenvalue weighted by molar-refractivity contribution is 6.30. The molecule has 1 saturated heterocycles. The maximum Gasteiger partial charge on any atom is 0.137 e. The molecule has 88 valence electrons. The van der Waals surface area contributed by atoms with Crippen LogP contribution in [0.25, 0.3) is 0 Å². The summed E-state index contributed by atoms with van der Waals surface area (Å²) in [6.07, 6.45) is 6.67. The van der Waals surface area contributed by atoms with Crippen LogP contribution in [0.1, 0.15) is 38.2 Å². The summed E-state index contributed by atoms with van der Waals surface area (Å²) in [6, 6.07) is 0.548. The van der Waals surface area contributed by atoms with Crippen LogP contribution in [-0.2, 0) is 0 Å². The maximum atomic E-state index is 6.04. The average molecular weight is 240 g/mol. The predicted octanol–water partition coefficient (Wildman–Crippen LogP) is 3.21. The monoisotopic (exact) mass is 239 g/mol. The van der Waals surface area contributed by atoms with Gasteiger partial charge in [-0.1, -0.05) is 24.4 Å². The third-order valence-electron chi connectivity index (χ3n) is 3.32. The first-order chi connectivity index (χ1) is 7.70. The third-order valence-corrected chi connectivity index (χ3v) is 3.70. The van der Waals surface area contributed by atoms with Gasteiger partial charge in [0.15, 0.2) is 0 Å². The molecule has 2 heterocycles. The van der Waals surface area contributed by atoms with Crippen LogP contribution < -0.4 is 4.90 Å². The number of hydrogen-bond acceptors (Lipinski definition) is 3. The summed E-state index contributed by atoms with van der Waals surface area (Å²) in [7, 11) is 0. The van der Waals surface area contributed by atoms with Gasteiger partial charge in [-0.3, -0.25) is 0 Å². The van der Waals surface area contributed by atoms with Crippen molar-refractivity contribution in [3.05, 3.63) is 17.0 Å². The van der Waals surface area contributed by atoms with Gasteiger partial charge in [-0.15, -0.1) is 0 Å². The Bertz CT molecular complexity index is 367. The summed E-state index contributed by atoms with van der Waals surface area (Å²) < 4.78 is 0. The van der Waals surface area contributed by atoms with E-state index in [-0.39, 0.29) is 0 Å². The molecule has 1 aromatic heterocycles. The van der Waals surface area contributed by atoms with Crippen molar-refractivity contribution in [3.63, 3.8) is 0 Å². The first-order valence-electron chi connectivity index (χ1n) is 5.94. The van der Waals surface area contributed by atoms with Crippen LogP contribution in [0.5, 0.6) is 0 Å². The molecular weight excluding hydrogens is 222 g/mol. The van der Waals surface area contributed by atoms with Crippen LogP contribution in [0.4, 0.5) is 5.82 Å². The van der Waals surface area contributed by atoms with E-state index in [4.69, 9.17) is 11.6 Å². The Hall–Kier alpha value is -0.830. The van der Waals surface area contributed by atoms with Gasteiger partial charge in [0.25, 0.3) is 0 Å². The van der Waals surface area contributed by atoms with E-state index in [2.05, 4.69) is 21.8 Å². The minimum atomic E-state index is 0.548. The molecule has 1 aliphatic heterocycles. The van der Waals surface area contributed by atoms with Crippen molar-refractivity contribution in [1.29, 1.82) is 0 Å². The average Bonchev–Trinajstić information content (AvgIpc) is 2.47. The molecule has 0 aliphatic carbocycles. The van der Waals surface area contributed by atoms with Gasteiger partial charge < -0.3 is 4.90 Å². The number of hydrogen-bond donors (Lipinski definition) is 0. The van der Waals surface area contributed by atoms with E-state index in [0.29, 0.717) is 11.2 Å². The highest BCUT2D eigenvalue weighted by atomic mass is 35.5. The number of halogens is 1. The lowest BCUT2D eigenvalue weighted by atomic mass is 10.1. The summed E-state index contributed by atoms with van der Waals surface area (Å²) in [5, 5.41) is 0.571. The fourth-order valence-electron chi connectivity index (χ4n) is 2.30. The largest absolute Gasteiger partial charge is 0.354 e. The summed E-state index contributed by atoms with van der Waals surface area (Å²) in [6.45, 7) is 5.34. The van der Waals surface area contributed by atoms with Crippen molar-refractivity contribution in [2.45, 2.75) is 45.6 Å². The van der Waals surface area contributed by atoms with Crippen molar-refractivity contribution < 1.29 is 0 Å². The first-order valence-corrected chi connectivity index (χ1v) is 6.31. The lowest BCUT2D eigenvalue weighted by Crippen LogP contribution is -2.33. The molecule has 2 rings (SSSR count). The van der Waals surface area contributed by atoms with Crippen LogP contribution >= 0.6 is 11.6 Å². The summed E-state index contributed by atoms with van der Waals surface area (Å²) in [5.74, 6) is 1.01. The lowest BCUT2D eigenvalue weighted by molar-refractivity contribution is 0.609. The normalized spacial score (nSPS) is 21.9. The Balaban J connectivity index is 2.30. The van der Waals surface area contributed by atoms with Crippen molar-refractivity contribution in [1.82, 2.24) is 9.97 Å². The Labute approximate surface area is 102 Å². The van der Waals surface area contributed by atoms with E-state index in [1.165, 1.54) is 25.7 Å². The molecule has 0 bridgehead atoms. The molecule has 1 fully saturated rings. The van der Waals surface area contributed by atoms with E-state index in [1.807, 2.05) is 6.92 Å². The zero-order chi connectivity index (χ0) is 11.5. The van der Waals surface area contributed by atoms with E-state index < -0.39 is 0 Å². The number of anilines is 1. The predicted molar refractivity (Wildman–Crippen MR) is 67.1 cm³/mol. The number of nitrogens with zero attached hydrogens (tertiary/aromatic N) is 3. The summed E-state index contributed by atoms with van der Waals surface area (Å²) in [4.78, 5) is 10.8. The third kappa shape index (κ3) is 2.29. The van der Waals surface area contributed by atoms with Crippen LogP contribution in [0, 0.1) is 6.92 Å². The van der Waals surface area contributed by atoms with Crippen LogP contribution in [0.2, 0.25) is 5.15 Å². The van der Waals surface area contributed by atoms with Gasteiger partial charge in [-0.05, 0) is 26.7 Å². The van der Waals surface area contributed by atoms with Gasteiger partial charge in [0.1, 0.15) is 17.3 Å². The SMILES string of the molecule is Cc1c(Cl)ncnc1N1CCCCCC1C. The van der Waals surface area contributed by atoms with E-state index >= 15 is 0 Å². The standard InChI is InChI=1S/C12H18ClN3/c1-9-6-4-3-5-7-16(9)12-10(2)11(13)14-8-15-12/h8-9H,3-7H2,1-2H3. The Morgan fingerprint density at radius 1 is 1.31 bits per heavy atom. The second-order valence-electron chi connectivity index (χ2n) is 4.50. The van der Waals surface area contributed by atoms with Gasteiger partial charge in [0.05, 0.1) is 0 Å². The fourth-order valence-corrected chi connectivity index (χ4v) is 2.43. The topological polar surface area (TPSA) is 29.0 Å². The molecule has 0 radical (unpaired) electrons. The Morgan fingerprint density at radius 2 is 2.12 bits per heavy atom. The Kier molecular flexibility index (Phi) is 3.64. The summed E-state index contributed by atoms with van der Waals surface area (Å²) in [5.41, 5.74) is 0.998. The first kappa shape index (κ1) is 11.6. The van der Waals surface area contributed by atoms with Crippen molar-refractivity contribution in [3.8, 4) is 0 Å². The van der Waals surface area contributed by atoms with Crippen molar-refractivity contribution in [2.24, 2.45) is 0 Å². The molecule has 0 aromatic carbocycles. The van der Waals surface area contributed by atoms with Gasteiger partial charge in [-0.2, -0.15) is 0 Å². The molecule has 1 aliphatic rings. The second kappa shape index (κ2) is 5.00. The molecular formula is C12H18ClN3. The molecule has 0 N–H and O–H groups in total. The number of aromatic nitrogens is 2. The molecule has 4 heteroatoms. The molecule has 1 unspecified atom stereocenters. The van der Waals surface area contributed by atoms with E-state index in [1.54, 1.807) is 6.33 Å². The molecule has 1 aromatic rings. The van der Waals surface area contributed by atoms with Crippen molar-refractivity contribution >= 4 is 17.4 Å². The second-order valence-corrected chi connectivity index (χ2v) is 4.86. The molecule has 0 spiro atoms. The highest BCUT2D eigenvalue weighted by Crippen LogP contribution is 2.27. The van der Waals surface area contributed by atoms with Gasteiger partial charge in [0, 0.05) is 18.2 Å². The van der Waals surface area contributed by atoms with E-state index in [9.17, 15) is 0 Å².